The minimum atomic E-state index is -4.63. The number of thiophene rings is 1. The molecule has 0 aliphatic heterocycles. The van der Waals surface area contributed by atoms with Crippen LogP contribution in [0.25, 0.3) is 10.8 Å². The summed E-state index contributed by atoms with van der Waals surface area (Å²) in [5.74, 6) is 0.730. The zero-order valence-corrected chi connectivity index (χ0v) is 17.7. The van der Waals surface area contributed by atoms with Crippen molar-refractivity contribution in [2.45, 2.75) is 25.7 Å². The van der Waals surface area contributed by atoms with Crippen molar-refractivity contribution in [3.63, 3.8) is 0 Å². The molecule has 8 heteroatoms. The maximum absolute atomic E-state index is 11.4. The molecule has 2 atom stereocenters. The zero-order chi connectivity index (χ0) is 20.3. The van der Waals surface area contributed by atoms with Crippen LogP contribution >= 0.6 is 19.2 Å². The predicted octanol–water partition coefficient (Wildman–Crippen LogP) is 4.72. The molecule has 1 heterocycles. The van der Waals surface area contributed by atoms with E-state index in [0.717, 1.165) is 27.0 Å². The summed E-state index contributed by atoms with van der Waals surface area (Å²) in [5.41, 5.74) is 1.16. The van der Waals surface area contributed by atoms with E-state index in [9.17, 15) is 14.4 Å². The van der Waals surface area contributed by atoms with Crippen LogP contribution < -0.4 is 4.74 Å². The van der Waals surface area contributed by atoms with Gasteiger partial charge in [0.25, 0.3) is 0 Å². The third-order valence-electron chi connectivity index (χ3n) is 4.48. The van der Waals surface area contributed by atoms with E-state index in [1.165, 1.54) is 11.3 Å². The Morgan fingerprint density at radius 3 is 2.39 bits per heavy atom. The lowest BCUT2D eigenvalue weighted by Gasteiger charge is -2.29. The minimum Gasteiger partial charge on any atom is -0.484 e. The lowest BCUT2D eigenvalue weighted by molar-refractivity contribution is 0.00157. The summed E-state index contributed by atoms with van der Waals surface area (Å²) < 4.78 is 22.8. The molecule has 0 aliphatic carbocycles. The third kappa shape index (κ3) is 5.20. The number of fused-ring (bicyclic) bond motifs is 1. The highest BCUT2D eigenvalue weighted by Crippen LogP contribution is 2.41. The van der Waals surface area contributed by atoms with Gasteiger partial charge in [0.05, 0.1) is 0 Å². The molecule has 2 unspecified atom stereocenters. The molecule has 0 aliphatic rings. The van der Waals surface area contributed by atoms with Gasteiger partial charge in [0.15, 0.2) is 0 Å². The first kappa shape index (κ1) is 21.0. The maximum atomic E-state index is 11.4. The molecule has 1 aromatic heterocycles. The van der Waals surface area contributed by atoms with Crippen LogP contribution in [0, 0.1) is 6.92 Å². The first-order valence-corrected chi connectivity index (χ1v) is 11.2. The molecule has 2 aromatic carbocycles. The van der Waals surface area contributed by atoms with Crippen molar-refractivity contribution in [3.8, 4) is 5.75 Å². The summed E-state index contributed by atoms with van der Waals surface area (Å²) in [4.78, 5) is 21.1. The molecule has 0 fully saturated rings. The fourth-order valence-electron chi connectivity index (χ4n) is 3.06. The van der Waals surface area contributed by atoms with E-state index < -0.39 is 20.2 Å². The number of phosphoric acid groups is 1. The largest absolute Gasteiger partial charge is 0.484 e. The second kappa shape index (κ2) is 8.74. The molecular weight excluding hydrogens is 397 g/mol. The standard InChI is InChI=1S/C20H24NO5PS/c1-14-10-11-17(16-8-5-4-7-15(14)16)25-18(19-9-6-12-28-19)13-20(21(2)3)26-27(22,23)24/h4-12,18,20H,13H2,1-3H3,(H2,22,23,24). The van der Waals surface area contributed by atoms with Crippen LogP contribution in [-0.2, 0) is 9.09 Å². The first-order chi connectivity index (χ1) is 13.2. The van der Waals surface area contributed by atoms with Gasteiger partial charge in [-0.1, -0.05) is 36.4 Å². The van der Waals surface area contributed by atoms with E-state index in [1.807, 2.05) is 47.8 Å². The van der Waals surface area contributed by atoms with Gasteiger partial charge in [-0.15, -0.1) is 11.3 Å². The Morgan fingerprint density at radius 2 is 1.79 bits per heavy atom. The number of hydrogen-bond donors (Lipinski definition) is 2. The summed E-state index contributed by atoms with van der Waals surface area (Å²) in [7, 11) is -1.20. The maximum Gasteiger partial charge on any atom is 0.471 e. The summed E-state index contributed by atoms with van der Waals surface area (Å²) >= 11 is 1.54. The molecule has 3 aromatic rings. The van der Waals surface area contributed by atoms with Crippen molar-refractivity contribution < 1.29 is 23.6 Å². The highest BCUT2D eigenvalue weighted by Gasteiger charge is 2.29. The van der Waals surface area contributed by atoms with Gasteiger partial charge in [-0.2, -0.15) is 0 Å². The molecule has 6 nitrogen and oxygen atoms in total. The van der Waals surface area contributed by atoms with Crippen LogP contribution in [0.4, 0.5) is 0 Å². The van der Waals surface area contributed by atoms with E-state index in [2.05, 4.69) is 13.0 Å². The second-order valence-electron chi connectivity index (χ2n) is 6.80. The van der Waals surface area contributed by atoms with Gasteiger partial charge < -0.3 is 14.5 Å². The Labute approximate surface area is 168 Å². The van der Waals surface area contributed by atoms with E-state index >= 15 is 0 Å². The van der Waals surface area contributed by atoms with Crippen LogP contribution in [0.15, 0.2) is 53.9 Å². The lowest BCUT2D eigenvalue weighted by Crippen LogP contribution is -2.32. The Hall–Kier alpha value is -1.73. The Bertz CT molecular complexity index is 970. The van der Waals surface area contributed by atoms with E-state index in [0.29, 0.717) is 0 Å². The van der Waals surface area contributed by atoms with E-state index in [4.69, 9.17) is 9.26 Å². The van der Waals surface area contributed by atoms with Gasteiger partial charge in [0.1, 0.15) is 18.1 Å². The average Bonchev–Trinajstić information content (AvgIpc) is 3.16. The molecule has 150 valence electrons. The Balaban J connectivity index is 1.94. The number of phosphoric ester groups is 1. The third-order valence-corrected chi connectivity index (χ3v) is 5.96. The fraction of sp³-hybridized carbons (Fsp3) is 0.300. The predicted molar refractivity (Wildman–Crippen MR) is 112 cm³/mol. The van der Waals surface area contributed by atoms with E-state index in [-0.39, 0.29) is 6.42 Å². The molecule has 2 N–H and O–H groups in total. The van der Waals surface area contributed by atoms with Crippen molar-refractivity contribution in [1.29, 1.82) is 0 Å². The van der Waals surface area contributed by atoms with Crippen LogP contribution in [-0.4, -0.2) is 35.0 Å². The monoisotopic (exact) mass is 421 g/mol. The summed E-state index contributed by atoms with van der Waals surface area (Å²) in [6, 6.07) is 15.9. The molecule has 0 bridgehead atoms. The van der Waals surface area contributed by atoms with Crippen LogP contribution in [0.2, 0.25) is 0 Å². The molecule has 28 heavy (non-hydrogen) atoms. The summed E-state index contributed by atoms with van der Waals surface area (Å²) in [5, 5.41) is 4.06. The first-order valence-electron chi connectivity index (χ1n) is 8.83. The highest BCUT2D eigenvalue weighted by atomic mass is 32.1. The molecule has 0 amide bonds. The number of ether oxygens (including phenoxy) is 1. The van der Waals surface area contributed by atoms with Gasteiger partial charge >= 0.3 is 7.82 Å². The molecule has 0 spiro atoms. The van der Waals surface area contributed by atoms with Crippen molar-refractivity contribution >= 4 is 29.9 Å². The van der Waals surface area contributed by atoms with Gasteiger partial charge in [-0.25, -0.2) is 4.57 Å². The topological polar surface area (TPSA) is 79.2 Å². The quantitative estimate of drug-likeness (QED) is 0.405. The molecule has 0 saturated carbocycles. The van der Waals surface area contributed by atoms with Crippen molar-refractivity contribution in [2.24, 2.45) is 0 Å². The van der Waals surface area contributed by atoms with Crippen molar-refractivity contribution in [3.05, 3.63) is 64.4 Å². The van der Waals surface area contributed by atoms with Crippen LogP contribution in [0.3, 0.4) is 0 Å². The molecule has 0 radical (unpaired) electrons. The summed E-state index contributed by atoms with van der Waals surface area (Å²) in [6.07, 6.45) is -0.949. The average molecular weight is 421 g/mol. The fourth-order valence-corrected chi connectivity index (χ4v) is 4.42. The van der Waals surface area contributed by atoms with E-state index in [1.54, 1.807) is 19.0 Å². The number of hydrogen-bond acceptors (Lipinski definition) is 5. The molecule has 3 rings (SSSR count). The Morgan fingerprint density at radius 1 is 1.07 bits per heavy atom. The van der Waals surface area contributed by atoms with Gasteiger partial charge in [-0.3, -0.25) is 9.42 Å². The zero-order valence-electron chi connectivity index (χ0n) is 16.0. The Kier molecular flexibility index (Phi) is 6.55. The van der Waals surface area contributed by atoms with Crippen LogP contribution in [0.1, 0.15) is 23.0 Å². The van der Waals surface area contributed by atoms with Crippen molar-refractivity contribution in [1.82, 2.24) is 4.90 Å². The normalized spacial score (nSPS) is 14.4. The molecule has 0 saturated heterocycles. The minimum absolute atomic E-state index is 0.265. The SMILES string of the molecule is Cc1ccc(OC(CC(OP(=O)(O)O)N(C)C)c2cccs2)c2ccccc12. The van der Waals surface area contributed by atoms with Gasteiger partial charge in [-0.05, 0) is 49.5 Å². The number of benzene rings is 2. The number of rotatable bonds is 8. The highest BCUT2D eigenvalue weighted by molar-refractivity contribution is 7.46. The smallest absolute Gasteiger partial charge is 0.471 e. The second-order valence-corrected chi connectivity index (χ2v) is 8.97. The lowest BCUT2D eigenvalue weighted by atomic mass is 10.0. The van der Waals surface area contributed by atoms with Gasteiger partial charge in [0, 0.05) is 16.7 Å². The molecular formula is C20H24NO5PS. The van der Waals surface area contributed by atoms with Crippen LogP contribution in [0.5, 0.6) is 5.75 Å². The number of aryl methyl sites for hydroxylation is 1. The number of nitrogens with zero attached hydrogens (tertiary/aromatic N) is 1. The van der Waals surface area contributed by atoms with Crippen molar-refractivity contribution in [2.75, 3.05) is 14.1 Å². The summed E-state index contributed by atoms with van der Waals surface area (Å²) in [6.45, 7) is 2.05. The van der Waals surface area contributed by atoms with Gasteiger partial charge in [0.2, 0.25) is 0 Å².